The van der Waals surface area contributed by atoms with Gasteiger partial charge < -0.3 is 24.7 Å². The number of carbonyl (C=O) groups excluding carboxylic acids is 3. The molecule has 2 amide bonds. The molecular weight excluding hydrogens is 530 g/mol. The average Bonchev–Trinajstić information content (AvgIpc) is 3.48. The lowest BCUT2D eigenvalue weighted by Gasteiger charge is -2.26. The van der Waals surface area contributed by atoms with Gasteiger partial charge in [0.05, 0.1) is 17.7 Å². The predicted molar refractivity (Wildman–Crippen MR) is 144 cm³/mol. The highest BCUT2D eigenvalue weighted by atomic mass is 35.5. The van der Waals surface area contributed by atoms with Crippen molar-refractivity contribution in [2.45, 2.75) is 37.3 Å². The lowest BCUT2D eigenvalue weighted by atomic mass is 9.89. The maximum Gasteiger partial charge on any atom is 0.348 e. The van der Waals surface area contributed by atoms with Crippen molar-refractivity contribution in [3.05, 3.63) is 74.0 Å². The summed E-state index contributed by atoms with van der Waals surface area (Å²) < 4.78 is 11.2. The Labute approximate surface area is 227 Å². The summed E-state index contributed by atoms with van der Waals surface area (Å²) in [5, 5.41) is 6.85. The molecule has 2 N–H and O–H groups in total. The number of anilines is 1. The zero-order valence-electron chi connectivity index (χ0n) is 20.8. The van der Waals surface area contributed by atoms with Crippen LogP contribution in [-0.2, 0) is 20.7 Å². The van der Waals surface area contributed by atoms with Gasteiger partial charge in [0.15, 0.2) is 0 Å². The van der Waals surface area contributed by atoms with Gasteiger partial charge in [-0.25, -0.2) is 4.79 Å². The second kappa shape index (κ2) is 10.4. The Bertz CT molecular complexity index is 1490. The number of fused-ring (bicyclic) bond motifs is 3. The molecule has 2 aromatic heterocycles. The van der Waals surface area contributed by atoms with Gasteiger partial charge in [0, 0.05) is 48.5 Å². The van der Waals surface area contributed by atoms with Crippen molar-refractivity contribution < 1.29 is 23.9 Å². The number of ether oxygens (including phenoxy) is 2. The van der Waals surface area contributed by atoms with E-state index >= 15 is 0 Å². The summed E-state index contributed by atoms with van der Waals surface area (Å²) in [6.45, 7) is 0.202. The Balaban J connectivity index is 1.55. The van der Waals surface area contributed by atoms with E-state index in [4.69, 9.17) is 21.1 Å². The van der Waals surface area contributed by atoms with Crippen molar-refractivity contribution in [1.29, 1.82) is 0 Å². The Hall–Kier alpha value is -3.47. The lowest BCUT2D eigenvalue weighted by Crippen LogP contribution is -2.41. The molecule has 1 fully saturated rings. The summed E-state index contributed by atoms with van der Waals surface area (Å²) in [7, 11) is 2.78. The van der Waals surface area contributed by atoms with Crippen LogP contribution in [0.25, 0.3) is 11.1 Å². The number of thiophene rings is 1. The highest BCUT2D eigenvalue weighted by molar-refractivity contribution is 7.18. The average molecular weight is 556 g/mol. The number of aromatic nitrogens is 1. The number of pyridine rings is 1. The van der Waals surface area contributed by atoms with Crippen LogP contribution in [0.3, 0.4) is 0 Å². The number of halogens is 1. The predicted octanol–water partition coefficient (Wildman–Crippen LogP) is 4.05. The molecule has 3 heterocycles. The van der Waals surface area contributed by atoms with E-state index < -0.39 is 23.5 Å². The molecular formula is C27H26ClN3O6S. The van der Waals surface area contributed by atoms with Crippen molar-refractivity contribution in [3.63, 3.8) is 0 Å². The molecule has 38 heavy (non-hydrogen) atoms. The van der Waals surface area contributed by atoms with Crippen LogP contribution in [0, 0.1) is 0 Å². The highest BCUT2D eigenvalue weighted by Gasteiger charge is 2.46. The van der Waals surface area contributed by atoms with Crippen molar-refractivity contribution in [3.8, 4) is 11.1 Å². The number of benzene rings is 1. The number of esters is 1. The van der Waals surface area contributed by atoms with Crippen LogP contribution in [0.15, 0.2) is 47.4 Å². The SMILES string of the molecule is COCCC(C(=O)Nc1ccc(C(=O)OC)s1)n1cc2c(cc1=O)-c1cc(Cl)ccc1CC1(CC1)NC2=O. The van der Waals surface area contributed by atoms with Crippen LogP contribution in [0.1, 0.15) is 50.9 Å². The number of hydrogen-bond acceptors (Lipinski definition) is 7. The number of methoxy groups -OCH3 is 2. The summed E-state index contributed by atoms with van der Waals surface area (Å²) in [6, 6.07) is 9.08. The Morgan fingerprint density at radius 1 is 1.13 bits per heavy atom. The lowest BCUT2D eigenvalue weighted by molar-refractivity contribution is -0.119. The Morgan fingerprint density at radius 2 is 1.92 bits per heavy atom. The largest absolute Gasteiger partial charge is 0.465 e. The first kappa shape index (κ1) is 26.1. The summed E-state index contributed by atoms with van der Waals surface area (Å²) >= 11 is 7.37. The zero-order chi connectivity index (χ0) is 27.0. The topological polar surface area (TPSA) is 116 Å². The van der Waals surface area contributed by atoms with Crippen LogP contribution in [-0.4, -0.2) is 48.7 Å². The van der Waals surface area contributed by atoms with Gasteiger partial charge in [-0.2, -0.15) is 0 Å². The molecule has 198 valence electrons. The molecule has 11 heteroatoms. The molecule has 1 spiro atoms. The van der Waals surface area contributed by atoms with E-state index in [1.165, 1.54) is 31.0 Å². The van der Waals surface area contributed by atoms with E-state index in [0.717, 1.165) is 35.3 Å². The quantitative estimate of drug-likeness (QED) is 0.425. The summed E-state index contributed by atoms with van der Waals surface area (Å²) in [5.74, 6) is -1.29. The highest BCUT2D eigenvalue weighted by Crippen LogP contribution is 2.43. The zero-order valence-corrected chi connectivity index (χ0v) is 22.4. The van der Waals surface area contributed by atoms with Crippen LogP contribution < -0.4 is 16.2 Å². The summed E-state index contributed by atoms with van der Waals surface area (Å²) in [4.78, 5) is 52.4. The van der Waals surface area contributed by atoms with Crippen molar-refractivity contribution in [2.75, 3.05) is 26.1 Å². The van der Waals surface area contributed by atoms with Gasteiger partial charge in [-0.3, -0.25) is 14.4 Å². The molecule has 5 rings (SSSR count). The number of nitrogens with zero attached hydrogens (tertiary/aromatic N) is 1. The van der Waals surface area contributed by atoms with E-state index in [1.807, 2.05) is 12.1 Å². The summed E-state index contributed by atoms with van der Waals surface area (Å²) in [5.41, 5.74) is 1.74. The van der Waals surface area contributed by atoms with E-state index in [9.17, 15) is 19.2 Å². The fraction of sp³-hybridized carbons (Fsp3) is 0.333. The molecule has 1 aliphatic heterocycles. The van der Waals surface area contributed by atoms with E-state index in [2.05, 4.69) is 10.6 Å². The van der Waals surface area contributed by atoms with Gasteiger partial charge in [-0.1, -0.05) is 17.7 Å². The van der Waals surface area contributed by atoms with Crippen molar-refractivity contribution in [2.24, 2.45) is 0 Å². The van der Waals surface area contributed by atoms with Gasteiger partial charge in [-0.15, -0.1) is 11.3 Å². The molecule has 1 saturated carbocycles. The number of carbonyl (C=O) groups is 3. The number of nitrogens with one attached hydrogen (secondary N) is 2. The second-order valence-corrected chi connectivity index (χ2v) is 11.0. The van der Waals surface area contributed by atoms with Gasteiger partial charge in [0.25, 0.3) is 11.5 Å². The monoisotopic (exact) mass is 555 g/mol. The molecule has 1 unspecified atom stereocenters. The van der Waals surface area contributed by atoms with Gasteiger partial charge in [0.2, 0.25) is 5.91 Å². The van der Waals surface area contributed by atoms with Gasteiger partial charge >= 0.3 is 5.97 Å². The molecule has 9 nitrogen and oxygen atoms in total. The van der Waals surface area contributed by atoms with Crippen LogP contribution in [0.4, 0.5) is 5.00 Å². The second-order valence-electron chi connectivity index (χ2n) is 9.50. The van der Waals surface area contributed by atoms with E-state index in [0.29, 0.717) is 32.4 Å². The minimum Gasteiger partial charge on any atom is -0.465 e. The first-order chi connectivity index (χ1) is 18.2. The maximum atomic E-state index is 13.4. The minimum absolute atomic E-state index is 0.185. The standard InChI is InChI=1S/C27H26ClN3O6S/c1-36-10-7-20(25(34)29-22-6-5-21(38-22)26(35)37-2)31-14-19-18(12-23(31)32)17-11-16(28)4-3-15(17)13-27(8-9-27)30-24(19)33/h3-6,11-12,14,20H,7-10,13H2,1-2H3,(H,29,34)(H,30,33). The minimum atomic E-state index is -0.969. The van der Waals surface area contributed by atoms with Crippen molar-refractivity contribution in [1.82, 2.24) is 9.88 Å². The summed E-state index contributed by atoms with van der Waals surface area (Å²) in [6.07, 6.45) is 4.02. The third-order valence-corrected chi connectivity index (χ3v) is 8.14. The number of amides is 2. The Morgan fingerprint density at radius 3 is 2.63 bits per heavy atom. The van der Waals surface area contributed by atoms with E-state index in [1.54, 1.807) is 18.2 Å². The first-order valence-electron chi connectivity index (χ1n) is 12.1. The first-order valence-corrected chi connectivity index (χ1v) is 13.3. The number of hydrogen-bond donors (Lipinski definition) is 2. The fourth-order valence-corrected chi connectivity index (χ4v) is 5.76. The molecule has 0 bridgehead atoms. The Kier molecular flexibility index (Phi) is 7.13. The molecule has 0 saturated heterocycles. The van der Waals surface area contributed by atoms with Crippen LogP contribution >= 0.6 is 22.9 Å². The third kappa shape index (κ3) is 5.11. The normalized spacial score (nSPS) is 15.9. The molecule has 1 aliphatic carbocycles. The molecule has 0 radical (unpaired) electrons. The van der Waals surface area contributed by atoms with E-state index in [-0.39, 0.29) is 24.5 Å². The molecule has 3 aromatic rings. The molecule has 2 aliphatic rings. The number of rotatable bonds is 7. The van der Waals surface area contributed by atoms with Crippen LogP contribution in [0.5, 0.6) is 0 Å². The molecule has 1 atom stereocenters. The fourth-order valence-electron chi connectivity index (χ4n) is 4.76. The molecule has 1 aromatic carbocycles. The van der Waals surface area contributed by atoms with Crippen molar-refractivity contribution >= 4 is 45.7 Å². The van der Waals surface area contributed by atoms with Gasteiger partial charge in [0.1, 0.15) is 10.9 Å². The maximum absolute atomic E-state index is 13.4. The smallest absolute Gasteiger partial charge is 0.348 e. The van der Waals surface area contributed by atoms with Crippen LogP contribution in [0.2, 0.25) is 5.02 Å². The third-order valence-electron chi connectivity index (χ3n) is 6.92. The van der Waals surface area contributed by atoms with Gasteiger partial charge in [-0.05, 0) is 54.7 Å².